The molecule has 0 bridgehead atoms. The first-order valence-corrected chi connectivity index (χ1v) is 12.3. The normalized spacial score (nSPS) is 13.3. The Labute approximate surface area is 196 Å². The molecule has 0 heterocycles. The van der Waals surface area contributed by atoms with Gasteiger partial charge >= 0.3 is 0 Å². The first-order chi connectivity index (χ1) is 14.9. The van der Waals surface area contributed by atoms with E-state index in [1.165, 1.54) is 0 Å². The number of allylic oxidation sites excluding steroid dienone is 4. The van der Waals surface area contributed by atoms with Gasteiger partial charge in [-0.3, -0.25) is 0 Å². The molecule has 0 radical (unpaired) electrons. The zero-order chi connectivity index (χ0) is 22.6. The van der Waals surface area contributed by atoms with E-state index in [4.69, 9.17) is 4.74 Å². The molecule has 0 aliphatic rings. The van der Waals surface area contributed by atoms with Gasteiger partial charge in [-0.15, -0.1) is 0 Å². The second kappa shape index (κ2) is 13.7. The molecule has 0 saturated heterocycles. The molecule has 2 aromatic rings. The third kappa shape index (κ3) is 9.16. The third-order valence-corrected chi connectivity index (χ3v) is 5.88. The highest BCUT2D eigenvalue weighted by Crippen LogP contribution is 2.34. The topological polar surface area (TPSA) is 49.7 Å². The summed E-state index contributed by atoms with van der Waals surface area (Å²) in [7, 11) is 0. The second-order valence-corrected chi connectivity index (χ2v) is 9.85. The van der Waals surface area contributed by atoms with Crippen LogP contribution in [0.25, 0.3) is 0 Å². The average molecular weight is 459 g/mol. The fourth-order valence-corrected chi connectivity index (χ4v) is 4.16. The number of benzene rings is 2. The van der Waals surface area contributed by atoms with E-state index in [0.29, 0.717) is 37.5 Å². The van der Waals surface area contributed by atoms with Gasteiger partial charge in [-0.2, -0.15) is 0 Å². The number of hydrogen-bond donors (Lipinski definition) is 2. The third-order valence-electron chi connectivity index (χ3n) is 4.69. The van der Waals surface area contributed by atoms with Crippen molar-refractivity contribution in [2.24, 2.45) is 11.8 Å². The number of rotatable bonds is 12. The van der Waals surface area contributed by atoms with Crippen molar-refractivity contribution < 1.29 is 13.8 Å². The first kappa shape index (κ1) is 25.6. The summed E-state index contributed by atoms with van der Waals surface area (Å²) in [5, 5.41) is 0. The Morgan fingerprint density at radius 3 is 1.32 bits per heavy atom. The molecule has 2 rings (SSSR count). The molecule has 0 amide bonds. The maximum Gasteiger partial charge on any atom is 0.116 e. The van der Waals surface area contributed by atoms with E-state index >= 15 is 0 Å². The minimum absolute atomic E-state index is 0.368. The van der Waals surface area contributed by atoms with Crippen molar-refractivity contribution in [2.75, 3.05) is 0 Å². The maximum atomic E-state index is 10.1. The molecule has 5 heteroatoms. The van der Waals surface area contributed by atoms with Crippen LogP contribution in [0.3, 0.4) is 0 Å². The van der Waals surface area contributed by atoms with Crippen LogP contribution in [0, 0.1) is 11.8 Å². The van der Waals surface area contributed by atoms with E-state index in [-0.39, 0.29) is 0 Å². The van der Waals surface area contributed by atoms with Crippen molar-refractivity contribution in [1.82, 2.24) is 0 Å². The molecule has 0 aliphatic carbocycles. The molecule has 168 valence electrons. The van der Waals surface area contributed by atoms with Gasteiger partial charge in [0.05, 0.1) is 9.81 Å². The Balaban J connectivity index is 2.43. The monoisotopic (exact) mass is 458 g/mol. The average Bonchev–Trinajstić information content (AvgIpc) is 2.75. The second-order valence-electron chi connectivity index (χ2n) is 8.50. The first-order valence-electron chi connectivity index (χ1n) is 10.8. The number of hydrogen-bond acceptors (Lipinski definition) is 5. The molecule has 2 N–H and O–H groups in total. The molecule has 3 nitrogen and oxygen atoms in total. The molecule has 0 fully saturated rings. The fraction of sp³-hybridized carbons (Fsp3) is 0.385. The molecule has 0 unspecified atom stereocenters. The van der Waals surface area contributed by atoms with Crippen LogP contribution in [-0.4, -0.2) is 9.11 Å². The van der Waals surface area contributed by atoms with E-state index < -0.39 is 0 Å². The highest BCUT2D eigenvalue weighted by atomic mass is 32.2. The van der Waals surface area contributed by atoms with E-state index in [1.54, 1.807) is 0 Å². The van der Waals surface area contributed by atoms with Gasteiger partial charge in [0.15, 0.2) is 0 Å². The molecule has 31 heavy (non-hydrogen) atoms. The quantitative estimate of drug-likeness (QED) is 0.247. The predicted molar refractivity (Wildman–Crippen MR) is 135 cm³/mol. The summed E-state index contributed by atoms with van der Waals surface area (Å²) in [4.78, 5) is 1.62. The van der Waals surface area contributed by atoms with Gasteiger partial charge in [0.25, 0.3) is 0 Å². The van der Waals surface area contributed by atoms with Crippen LogP contribution in [0.2, 0.25) is 0 Å². The van der Waals surface area contributed by atoms with Crippen molar-refractivity contribution in [3.63, 3.8) is 0 Å². The van der Waals surface area contributed by atoms with Crippen LogP contribution in [0.5, 0.6) is 0 Å². The minimum atomic E-state index is 0.368. The largest absolute Gasteiger partial charge is 0.464 e. The van der Waals surface area contributed by atoms with E-state index in [1.807, 2.05) is 36.4 Å². The van der Waals surface area contributed by atoms with Crippen molar-refractivity contribution in [3.05, 3.63) is 93.1 Å². The summed E-state index contributed by atoms with van der Waals surface area (Å²) < 4.78 is 26.7. The van der Waals surface area contributed by atoms with Gasteiger partial charge in [0, 0.05) is 49.8 Å². The Morgan fingerprint density at radius 2 is 1.03 bits per heavy atom. The van der Waals surface area contributed by atoms with Crippen molar-refractivity contribution >= 4 is 24.1 Å². The highest BCUT2D eigenvalue weighted by molar-refractivity contribution is 7.97. The lowest BCUT2D eigenvalue weighted by molar-refractivity contribution is 0.250. The van der Waals surface area contributed by atoms with Crippen LogP contribution < -0.4 is 0 Å². The maximum absolute atomic E-state index is 10.1. The Bertz CT molecular complexity index is 772. The van der Waals surface area contributed by atoms with Gasteiger partial charge in [0.2, 0.25) is 0 Å². The lowest BCUT2D eigenvalue weighted by Crippen LogP contribution is -2.07. The van der Waals surface area contributed by atoms with Crippen LogP contribution in [0.15, 0.2) is 82.0 Å². The van der Waals surface area contributed by atoms with Crippen LogP contribution in [0.4, 0.5) is 0 Å². The van der Waals surface area contributed by atoms with Gasteiger partial charge in [-0.05, 0) is 23.0 Å². The van der Waals surface area contributed by atoms with Gasteiger partial charge in [-0.25, -0.2) is 0 Å². The summed E-state index contributed by atoms with van der Waals surface area (Å²) in [5.74, 6) is 2.29. The van der Waals surface area contributed by atoms with E-state index in [2.05, 4.69) is 52.0 Å². The molecule has 0 saturated carbocycles. The summed E-state index contributed by atoms with van der Waals surface area (Å²) in [6.45, 7) is 8.57. The molecule has 0 spiro atoms. The van der Waals surface area contributed by atoms with Crippen molar-refractivity contribution in [1.29, 1.82) is 0 Å². The van der Waals surface area contributed by atoms with Crippen molar-refractivity contribution in [2.45, 2.75) is 53.4 Å². The van der Waals surface area contributed by atoms with Crippen LogP contribution in [0.1, 0.15) is 51.7 Å². The van der Waals surface area contributed by atoms with E-state index in [0.717, 1.165) is 56.5 Å². The zero-order valence-corrected chi connectivity index (χ0v) is 20.5. The Morgan fingerprint density at radius 1 is 0.677 bits per heavy atom. The Hall–Kier alpha value is -1.66. The van der Waals surface area contributed by atoms with E-state index in [9.17, 15) is 9.11 Å². The fourth-order valence-electron chi connectivity index (χ4n) is 3.24. The van der Waals surface area contributed by atoms with Crippen molar-refractivity contribution in [3.8, 4) is 0 Å². The number of ether oxygens (including phenoxy) is 1. The molecule has 0 aromatic heterocycles. The lowest BCUT2D eigenvalue weighted by Gasteiger charge is -2.21. The van der Waals surface area contributed by atoms with Gasteiger partial charge in [-0.1, -0.05) is 88.4 Å². The SMILES string of the molecule is CC(C)CC(OC(CC(C)C)=C(Cc1ccccc1)SO)=C(Cc1ccccc1)SO. The summed E-state index contributed by atoms with van der Waals surface area (Å²) in [5.41, 5.74) is 2.25. The molecule has 0 atom stereocenters. The summed E-state index contributed by atoms with van der Waals surface area (Å²) in [6, 6.07) is 20.2. The highest BCUT2D eigenvalue weighted by Gasteiger charge is 2.19. The van der Waals surface area contributed by atoms with Gasteiger partial charge in [0.1, 0.15) is 11.5 Å². The van der Waals surface area contributed by atoms with Gasteiger partial charge < -0.3 is 13.8 Å². The van der Waals surface area contributed by atoms with Crippen LogP contribution in [-0.2, 0) is 17.6 Å². The Kier molecular flexibility index (Phi) is 11.3. The minimum Gasteiger partial charge on any atom is -0.464 e. The summed E-state index contributed by atoms with van der Waals surface area (Å²) >= 11 is 1.52. The smallest absolute Gasteiger partial charge is 0.116 e. The summed E-state index contributed by atoms with van der Waals surface area (Å²) in [6.07, 6.45) is 2.65. The molecular weight excluding hydrogens is 424 g/mol. The molecule has 2 aromatic carbocycles. The predicted octanol–water partition coefficient (Wildman–Crippen LogP) is 8.42. The standard InChI is InChI=1S/C26H34O3S2/c1-19(2)15-23(25(30-27)17-21-11-7-5-8-12-21)29-24(16-20(3)4)26(31-28)18-22-13-9-6-10-14-22/h5-14,19-20,27-28H,15-18H2,1-4H3. The van der Waals surface area contributed by atoms with Crippen LogP contribution >= 0.6 is 24.1 Å². The molecule has 0 aliphatic heterocycles. The molecular formula is C26H34O3S2. The lowest BCUT2D eigenvalue weighted by atomic mass is 10.0. The zero-order valence-electron chi connectivity index (χ0n) is 18.9.